The molecule has 5 nitrogen and oxygen atoms in total. The molecule has 20 heavy (non-hydrogen) atoms. The summed E-state index contributed by atoms with van der Waals surface area (Å²) in [4.78, 5) is 6.03. The van der Waals surface area contributed by atoms with E-state index in [1.54, 1.807) is 18.3 Å². The van der Waals surface area contributed by atoms with E-state index in [0.29, 0.717) is 31.3 Å². The van der Waals surface area contributed by atoms with Crippen molar-refractivity contribution in [1.82, 2.24) is 9.88 Å². The molecular weight excluding hydrogens is 263 g/mol. The Hall–Kier alpha value is -1.76. The van der Waals surface area contributed by atoms with Crippen LogP contribution in [0, 0.1) is 5.82 Å². The molecule has 1 aliphatic rings. The molecule has 2 heterocycles. The van der Waals surface area contributed by atoms with Gasteiger partial charge in [0.05, 0.1) is 24.9 Å². The highest BCUT2D eigenvalue weighted by atomic mass is 19.1. The summed E-state index contributed by atoms with van der Waals surface area (Å²) in [6, 6.07) is 5.99. The first-order chi connectivity index (χ1) is 9.61. The van der Waals surface area contributed by atoms with E-state index in [9.17, 15) is 14.6 Å². The van der Waals surface area contributed by atoms with Gasteiger partial charge >= 0.3 is 0 Å². The van der Waals surface area contributed by atoms with Crippen LogP contribution in [0.15, 0.2) is 34.9 Å². The molecule has 2 atom stereocenters. The Labute approximate surface area is 115 Å². The average Bonchev–Trinajstić information content (AvgIpc) is 2.99. The van der Waals surface area contributed by atoms with Gasteiger partial charge in [0.2, 0.25) is 5.89 Å². The second-order valence-electron chi connectivity index (χ2n) is 4.95. The van der Waals surface area contributed by atoms with E-state index >= 15 is 0 Å². The zero-order valence-electron chi connectivity index (χ0n) is 10.7. The van der Waals surface area contributed by atoms with Crippen LogP contribution in [0.2, 0.25) is 0 Å². The van der Waals surface area contributed by atoms with E-state index in [0.717, 1.165) is 5.56 Å². The standard InChI is InChI=1S/C14H15FN2O3/c15-10-3-1-9(2-4-10)13-5-16-14(20-13)8-17-6-11(18)12(19)7-17/h1-5,11-12,18-19H,6-8H2/t11-,12+. The zero-order chi connectivity index (χ0) is 14.1. The summed E-state index contributed by atoms with van der Waals surface area (Å²) in [5.41, 5.74) is 0.756. The van der Waals surface area contributed by atoms with Gasteiger partial charge in [-0.25, -0.2) is 9.37 Å². The lowest BCUT2D eigenvalue weighted by atomic mass is 10.2. The molecule has 106 valence electrons. The van der Waals surface area contributed by atoms with Crippen LogP contribution in [0.5, 0.6) is 0 Å². The SMILES string of the molecule is O[C@@H]1CN(Cc2ncc(-c3ccc(F)cc3)o2)C[C@@H]1O. The van der Waals surface area contributed by atoms with Gasteiger partial charge < -0.3 is 14.6 Å². The van der Waals surface area contributed by atoms with E-state index in [4.69, 9.17) is 4.42 Å². The molecule has 0 amide bonds. The number of aromatic nitrogens is 1. The molecule has 0 radical (unpaired) electrons. The van der Waals surface area contributed by atoms with Gasteiger partial charge in [-0.1, -0.05) is 0 Å². The number of oxazole rings is 1. The second kappa shape index (κ2) is 5.32. The van der Waals surface area contributed by atoms with Crippen molar-refractivity contribution >= 4 is 0 Å². The molecule has 0 unspecified atom stereocenters. The summed E-state index contributed by atoms with van der Waals surface area (Å²) in [6.07, 6.45) is 0.147. The van der Waals surface area contributed by atoms with Crippen LogP contribution in [-0.2, 0) is 6.54 Å². The summed E-state index contributed by atoms with van der Waals surface area (Å²) in [5.74, 6) is 0.777. The van der Waals surface area contributed by atoms with Gasteiger partial charge in [-0.2, -0.15) is 0 Å². The van der Waals surface area contributed by atoms with Crippen LogP contribution >= 0.6 is 0 Å². The second-order valence-corrected chi connectivity index (χ2v) is 4.95. The summed E-state index contributed by atoms with van der Waals surface area (Å²) < 4.78 is 18.5. The van der Waals surface area contributed by atoms with E-state index < -0.39 is 12.2 Å². The van der Waals surface area contributed by atoms with Gasteiger partial charge in [-0.15, -0.1) is 0 Å². The lowest BCUT2D eigenvalue weighted by Crippen LogP contribution is -2.22. The molecule has 0 bridgehead atoms. The molecule has 1 fully saturated rings. The van der Waals surface area contributed by atoms with Crippen LogP contribution < -0.4 is 0 Å². The molecule has 0 spiro atoms. The fourth-order valence-electron chi connectivity index (χ4n) is 2.30. The number of β-amino-alcohol motifs (C(OH)–C–C–N with tert-alkyl or cyclic N) is 2. The van der Waals surface area contributed by atoms with Gasteiger partial charge in [0, 0.05) is 18.7 Å². The number of benzene rings is 1. The smallest absolute Gasteiger partial charge is 0.209 e. The van der Waals surface area contributed by atoms with Crippen molar-refractivity contribution in [2.75, 3.05) is 13.1 Å². The van der Waals surface area contributed by atoms with Crippen molar-refractivity contribution in [2.24, 2.45) is 0 Å². The van der Waals surface area contributed by atoms with Gasteiger partial charge in [-0.05, 0) is 24.3 Å². The van der Waals surface area contributed by atoms with Crippen molar-refractivity contribution in [3.63, 3.8) is 0 Å². The average molecular weight is 278 g/mol. The highest BCUT2D eigenvalue weighted by Gasteiger charge is 2.30. The number of likely N-dealkylation sites (tertiary alicyclic amines) is 1. The molecular formula is C14H15FN2O3. The lowest BCUT2D eigenvalue weighted by molar-refractivity contribution is 0.0572. The quantitative estimate of drug-likeness (QED) is 0.877. The maximum Gasteiger partial charge on any atom is 0.209 e. The van der Waals surface area contributed by atoms with Gasteiger partial charge in [0.15, 0.2) is 5.76 Å². The number of nitrogens with zero attached hydrogens (tertiary/aromatic N) is 2. The fourth-order valence-corrected chi connectivity index (χ4v) is 2.30. The Balaban J connectivity index is 1.69. The molecule has 2 aromatic rings. The molecule has 0 saturated carbocycles. The van der Waals surface area contributed by atoms with Crippen molar-refractivity contribution in [1.29, 1.82) is 0 Å². The van der Waals surface area contributed by atoms with Crippen LogP contribution in [-0.4, -0.2) is 45.4 Å². The molecule has 2 N–H and O–H groups in total. The fraction of sp³-hybridized carbons (Fsp3) is 0.357. The van der Waals surface area contributed by atoms with E-state index in [1.807, 2.05) is 4.90 Å². The predicted molar refractivity (Wildman–Crippen MR) is 69.2 cm³/mol. The number of hydrogen-bond donors (Lipinski definition) is 2. The first kappa shape index (κ1) is 13.2. The summed E-state index contributed by atoms with van der Waals surface area (Å²) in [7, 11) is 0. The Bertz CT molecular complexity index is 574. The summed E-state index contributed by atoms with van der Waals surface area (Å²) in [6.45, 7) is 1.22. The maximum atomic E-state index is 12.9. The van der Waals surface area contributed by atoms with Gasteiger partial charge in [-0.3, -0.25) is 4.90 Å². The van der Waals surface area contributed by atoms with Crippen LogP contribution in [0.25, 0.3) is 11.3 Å². The Kier molecular flexibility index (Phi) is 3.52. The molecule has 1 aromatic heterocycles. The highest BCUT2D eigenvalue weighted by Crippen LogP contribution is 2.22. The Morgan fingerprint density at radius 2 is 1.85 bits per heavy atom. The number of halogens is 1. The summed E-state index contributed by atoms with van der Waals surface area (Å²) in [5, 5.41) is 19.0. The van der Waals surface area contributed by atoms with Crippen LogP contribution in [0.3, 0.4) is 0 Å². The minimum atomic E-state index is -0.721. The zero-order valence-corrected chi connectivity index (χ0v) is 10.7. The largest absolute Gasteiger partial charge is 0.439 e. The first-order valence-corrected chi connectivity index (χ1v) is 6.41. The van der Waals surface area contributed by atoms with E-state index in [-0.39, 0.29) is 5.82 Å². The number of aliphatic hydroxyl groups excluding tert-OH is 2. The van der Waals surface area contributed by atoms with Crippen molar-refractivity contribution < 1.29 is 19.0 Å². The van der Waals surface area contributed by atoms with Crippen LogP contribution in [0.4, 0.5) is 4.39 Å². The molecule has 1 aromatic carbocycles. The third-order valence-electron chi connectivity index (χ3n) is 3.38. The predicted octanol–water partition coefficient (Wildman–Crippen LogP) is 1.02. The topological polar surface area (TPSA) is 69.7 Å². The maximum absolute atomic E-state index is 12.9. The Morgan fingerprint density at radius 3 is 2.50 bits per heavy atom. The number of rotatable bonds is 3. The summed E-state index contributed by atoms with van der Waals surface area (Å²) >= 11 is 0. The Morgan fingerprint density at radius 1 is 1.20 bits per heavy atom. The van der Waals surface area contributed by atoms with E-state index in [2.05, 4.69) is 4.98 Å². The van der Waals surface area contributed by atoms with Gasteiger partial charge in [0.1, 0.15) is 5.82 Å². The normalized spacial score (nSPS) is 23.4. The highest BCUT2D eigenvalue weighted by molar-refractivity contribution is 5.55. The van der Waals surface area contributed by atoms with Gasteiger partial charge in [0.25, 0.3) is 0 Å². The number of aliphatic hydroxyl groups is 2. The monoisotopic (exact) mass is 278 g/mol. The lowest BCUT2D eigenvalue weighted by Gasteiger charge is -2.11. The minimum absolute atomic E-state index is 0.298. The van der Waals surface area contributed by atoms with Crippen molar-refractivity contribution in [2.45, 2.75) is 18.8 Å². The number of hydrogen-bond acceptors (Lipinski definition) is 5. The first-order valence-electron chi connectivity index (χ1n) is 6.41. The molecule has 1 saturated heterocycles. The van der Waals surface area contributed by atoms with E-state index in [1.165, 1.54) is 12.1 Å². The third kappa shape index (κ3) is 2.72. The third-order valence-corrected chi connectivity index (χ3v) is 3.38. The van der Waals surface area contributed by atoms with Crippen molar-refractivity contribution in [3.05, 3.63) is 42.2 Å². The molecule has 1 aliphatic heterocycles. The van der Waals surface area contributed by atoms with Crippen LogP contribution in [0.1, 0.15) is 5.89 Å². The molecule has 3 rings (SSSR count). The molecule has 6 heteroatoms. The minimum Gasteiger partial charge on any atom is -0.439 e. The molecule has 0 aliphatic carbocycles. The van der Waals surface area contributed by atoms with Crippen molar-refractivity contribution in [3.8, 4) is 11.3 Å².